The van der Waals surface area contributed by atoms with Gasteiger partial charge < -0.3 is 4.90 Å². The van der Waals surface area contributed by atoms with Gasteiger partial charge in [0.15, 0.2) is 0 Å². The van der Waals surface area contributed by atoms with Gasteiger partial charge in [-0.05, 0) is 13.5 Å². The van der Waals surface area contributed by atoms with Crippen molar-refractivity contribution in [2.45, 2.75) is 18.7 Å². The zero-order valence-electron chi connectivity index (χ0n) is 6.61. The fourth-order valence-corrected chi connectivity index (χ4v) is 1.23. The van der Waals surface area contributed by atoms with E-state index in [1.54, 1.807) is 0 Å². The van der Waals surface area contributed by atoms with Crippen molar-refractivity contribution >= 4 is 23.2 Å². The molecule has 0 unspecified atom stereocenters. The number of alkyl halides is 2. The number of hydrogen-bond acceptors (Lipinski definition) is 1. The Morgan fingerprint density at radius 1 is 1.50 bits per heavy atom. The predicted octanol–water partition coefficient (Wildman–Crippen LogP) is 2.17. The molecule has 10 heavy (non-hydrogen) atoms. The van der Waals surface area contributed by atoms with Crippen LogP contribution < -0.4 is 0 Å². The smallest absolute Gasteiger partial charge is 0.0460 e. The molecule has 0 saturated carbocycles. The van der Waals surface area contributed by atoms with Crippen LogP contribution in [0.3, 0.4) is 0 Å². The van der Waals surface area contributed by atoms with Crippen molar-refractivity contribution in [3.05, 3.63) is 0 Å². The minimum Gasteiger partial charge on any atom is -0.304 e. The van der Waals surface area contributed by atoms with Gasteiger partial charge in [0, 0.05) is 24.3 Å². The van der Waals surface area contributed by atoms with Gasteiger partial charge in [0.1, 0.15) is 0 Å². The van der Waals surface area contributed by atoms with Crippen molar-refractivity contribution in [3.63, 3.8) is 0 Å². The maximum atomic E-state index is 5.91. The van der Waals surface area contributed by atoms with Crippen LogP contribution in [0.15, 0.2) is 0 Å². The summed E-state index contributed by atoms with van der Waals surface area (Å²) in [5.41, 5.74) is 0. The Bertz CT molecular complexity index is 78.0. The molecule has 1 atom stereocenters. The van der Waals surface area contributed by atoms with E-state index in [1.165, 1.54) is 0 Å². The molecule has 0 fully saturated rings. The molecule has 0 aliphatic carbocycles. The topological polar surface area (TPSA) is 3.24 Å². The number of halogens is 2. The molecule has 3 heteroatoms. The molecule has 0 saturated heterocycles. The first-order valence-corrected chi connectivity index (χ1v) is 4.56. The Morgan fingerprint density at radius 3 is 2.50 bits per heavy atom. The Morgan fingerprint density at radius 2 is 2.10 bits per heavy atom. The van der Waals surface area contributed by atoms with Crippen molar-refractivity contribution in [2.24, 2.45) is 0 Å². The first-order chi connectivity index (χ1) is 4.70. The maximum Gasteiger partial charge on any atom is 0.0460 e. The number of rotatable bonds is 5. The lowest BCUT2D eigenvalue weighted by Crippen LogP contribution is -2.27. The van der Waals surface area contributed by atoms with Gasteiger partial charge in [0.2, 0.25) is 0 Å². The molecular weight excluding hydrogens is 169 g/mol. The molecule has 0 aromatic carbocycles. The van der Waals surface area contributed by atoms with Crippen LogP contribution in [0.2, 0.25) is 0 Å². The van der Waals surface area contributed by atoms with E-state index in [0.29, 0.717) is 5.88 Å². The molecule has 0 aromatic heterocycles. The van der Waals surface area contributed by atoms with Gasteiger partial charge in [-0.1, -0.05) is 6.92 Å². The van der Waals surface area contributed by atoms with E-state index in [1.807, 2.05) is 7.05 Å². The van der Waals surface area contributed by atoms with Crippen LogP contribution in [0.5, 0.6) is 0 Å². The van der Waals surface area contributed by atoms with Crippen molar-refractivity contribution < 1.29 is 0 Å². The van der Waals surface area contributed by atoms with Gasteiger partial charge in [-0.3, -0.25) is 0 Å². The molecule has 0 amide bonds. The van der Waals surface area contributed by atoms with E-state index in [0.717, 1.165) is 19.5 Å². The van der Waals surface area contributed by atoms with Crippen LogP contribution in [0.4, 0.5) is 0 Å². The third kappa shape index (κ3) is 5.33. The maximum absolute atomic E-state index is 5.91. The van der Waals surface area contributed by atoms with E-state index in [4.69, 9.17) is 23.2 Å². The minimum atomic E-state index is 0.271. The van der Waals surface area contributed by atoms with Crippen LogP contribution in [-0.4, -0.2) is 36.3 Å². The molecule has 0 N–H and O–H groups in total. The molecule has 0 rings (SSSR count). The molecule has 0 radical (unpaired) electrons. The van der Waals surface area contributed by atoms with Crippen LogP contribution >= 0.6 is 23.2 Å². The summed E-state index contributed by atoms with van der Waals surface area (Å²) < 4.78 is 0. The fourth-order valence-electron chi connectivity index (χ4n) is 0.703. The highest BCUT2D eigenvalue weighted by atomic mass is 35.5. The SMILES string of the molecule is CC[C@H](Cl)CN(C)CCCl. The lowest BCUT2D eigenvalue weighted by atomic mass is 10.3. The van der Waals surface area contributed by atoms with Gasteiger partial charge in [-0.25, -0.2) is 0 Å². The Labute approximate surface area is 73.3 Å². The van der Waals surface area contributed by atoms with Gasteiger partial charge >= 0.3 is 0 Å². The highest BCUT2D eigenvalue weighted by Crippen LogP contribution is 2.02. The second-order valence-electron chi connectivity index (χ2n) is 2.46. The Balaban J connectivity index is 3.27. The monoisotopic (exact) mass is 183 g/mol. The van der Waals surface area contributed by atoms with Gasteiger partial charge in [-0.2, -0.15) is 0 Å². The van der Waals surface area contributed by atoms with Crippen molar-refractivity contribution in [2.75, 3.05) is 26.0 Å². The molecule has 62 valence electrons. The normalized spacial score (nSPS) is 14.1. The summed E-state index contributed by atoms with van der Waals surface area (Å²) in [5.74, 6) is 0.684. The van der Waals surface area contributed by atoms with Gasteiger partial charge in [-0.15, -0.1) is 23.2 Å². The molecule has 0 bridgehead atoms. The second-order valence-corrected chi connectivity index (χ2v) is 3.45. The average Bonchev–Trinajstić information content (AvgIpc) is 1.88. The molecule has 0 heterocycles. The van der Waals surface area contributed by atoms with E-state index in [9.17, 15) is 0 Å². The Kier molecular flexibility index (Phi) is 6.60. The van der Waals surface area contributed by atoms with Crippen LogP contribution in [0, 0.1) is 0 Å². The fraction of sp³-hybridized carbons (Fsp3) is 1.00. The highest BCUT2D eigenvalue weighted by Gasteiger charge is 2.04. The molecule has 0 aliphatic heterocycles. The molecular formula is C7H15Cl2N. The zero-order valence-corrected chi connectivity index (χ0v) is 8.12. The van der Waals surface area contributed by atoms with Gasteiger partial charge in [0.05, 0.1) is 0 Å². The summed E-state index contributed by atoms with van der Waals surface area (Å²) in [6, 6.07) is 0. The van der Waals surface area contributed by atoms with E-state index in [2.05, 4.69) is 11.8 Å². The molecule has 0 spiro atoms. The van der Waals surface area contributed by atoms with E-state index < -0.39 is 0 Å². The minimum absolute atomic E-state index is 0.271. The molecule has 0 aliphatic rings. The molecule has 0 aromatic rings. The summed E-state index contributed by atoms with van der Waals surface area (Å²) in [4.78, 5) is 2.15. The van der Waals surface area contributed by atoms with Crippen LogP contribution in [0.1, 0.15) is 13.3 Å². The van der Waals surface area contributed by atoms with Crippen molar-refractivity contribution in [3.8, 4) is 0 Å². The van der Waals surface area contributed by atoms with Crippen LogP contribution in [-0.2, 0) is 0 Å². The van der Waals surface area contributed by atoms with E-state index in [-0.39, 0.29) is 5.38 Å². The average molecular weight is 184 g/mol. The predicted molar refractivity (Wildman–Crippen MR) is 48.1 cm³/mol. The summed E-state index contributed by atoms with van der Waals surface area (Å²) in [5, 5.41) is 0.271. The summed E-state index contributed by atoms with van der Waals surface area (Å²) in [6.45, 7) is 3.95. The quantitative estimate of drug-likeness (QED) is 0.592. The number of nitrogens with zero attached hydrogens (tertiary/aromatic N) is 1. The highest BCUT2D eigenvalue weighted by molar-refractivity contribution is 6.20. The number of hydrogen-bond donors (Lipinski definition) is 0. The third-order valence-electron chi connectivity index (χ3n) is 1.42. The third-order valence-corrected chi connectivity index (χ3v) is 2.03. The van der Waals surface area contributed by atoms with E-state index >= 15 is 0 Å². The van der Waals surface area contributed by atoms with Crippen molar-refractivity contribution in [1.82, 2.24) is 4.90 Å². The zero-order chi connectivity index (χ0) is 7.98. The summed E-state index contributed by atoms with van der Waals surface area (Å²) >= 11 is 11.4. The first kappa shape index (κ1) is 10.5. The standard InChI is InChI=1S/C7H15Cl2N/c1-3-7(9)6-10(2)5-4-8/h7H,3-6H2,1-2H3/t7-/m0/s1. The van der Waals surface area contributed by atoms with Gasteiger partial charge in [0.25, 0.3) is 0 Å². The lowest BCUT2D eigenvalue weighted by molar-refractivity contribution is 0.351. The summed E-state index contributed by atoms with van der Waals surface area (Å²) in [7, 11) is 2.04. The Hall–Kier alpha value is 0.540. The largest absolute Gasteiger partial charge is 0.304 e. The van der Waals surface area contributed by atoms with Crippen LogP contribution in [0.25, 0.3) is 0 Å². The summed E-state index contributed by atoms with van der Waals surface area (Å²) in [6.07, 6.45) is 1.02. The molecule has 1 nitrogen and oxygen atoms in total. The van der Waals surface area contributed by atoms with Crippen molar-refractivity contribution in [1.29, 1.82) is 0 Å². The lowest BCUT2D eigenvalue weighted by Gasteiger charge is -2.17. The second kappa shape index (κ2) is 6.26. The first-order valence-electron chi connectivity index (χ1n) is 3.59.